The summed E-state index contributed by atoms with van der Waals surface area (Å²) >= 11 is 0. The van der Waals surface area contributed by atoms with Crippen LogP contribution < -0.4 is 0 Å². The van der Waals surface area contributed by atoms with Crippen molar-refractivity contribution in [1.82, 2.24) is 0 Å². The normalized spacial score (nSPS) is 11.9. The maximum absolute atomic E-state index is 12.9. The fourth-order valence-corrected chi connectivity index (χ4v) is 11.5. The lowest BCUT2D eigenvalue weighted by Gasteiger charge is -2.18. The van der Waals surface area contributed by atoms with E-state index in [0.717, 1.165) is 57.8 Å². The molecule has 0 N–H and O–H groups in total. The van der Waals surface area contributed by atoms with Crippen LogP contribution in [0.3, 0.4) is 0 Å². The molecule has 78 heavy (non-hydrogen) atoms. The highest BCUT2D eigenvalue weighted by atomic mass is 16.6. The van der Waals surface area contributed by atoms with Gasteiger partial charge in [0.2, 0.25) is 0 Å². The molecule has 1 atom stereocenters. The Labute approximate surface area is 488 Å². The van der Waals surface area contributed by atoms with E-state index in [-0.39, 0.29) is 31.1 Å². The first kappa shape index (κ1) is 76.4. The molecule has 0 rings (SSSR count). The standard InChI is InChI=1S/C72H140O6/c1-4-7-10-13-16-19-22-25-27-29-31-33-34-35-36-37-38-39-41-42-44-47-50-53-56-59-62-65-71(74)77-68-69(67-76-70(73)64-61-58-55-52-49-46-24-21-18-15-12-9-6-3)78-72(75)66-63-60-57-54-51-48-45-43-40-32-30-28-26-23-20-17-14-11-8-5-2/h69H,4-68H2,1-3H3. The Morgan fingerprint density at radius 1 is 0.205 bits per heavy atom. The summed E-state index contributed by atoms with van der Waals surface area (Å²) in [7, 11) is 0. The van der Waals surface area contributed by atoms with Gasteiger partial charge in [-0.05, 0) is 19.3 Å². The van der Waals surface area contributed by atoms with Crippen LogP contribution in [0.5, 0.6) is 0 Å². The molecule has 464 valence electrons. The molecule has 0 aliphatic heterocycles. The van der Waals surface area contributed by atoms with E-state index in [1.807, 2.05) is 0 Å². The molecule has 1 unspecified atom stereocenters. The molecule has 0 spiro atoms. The van der Waals surface area contributed by atoms with Gasteiger partial charge in [-0.2, -0.15) is 0 Å². The van der Waals surface area contributed by atoms with E-state index in [2.05, 4.69) is 20.8 Å². The van der Waals surface area contributed by atoms with Gasteiger partial charge >= 0.3 is 17.9 Å². The molecular weight excluding hydrogens is 961 g/mol. The predicted octanol–water partition coefficient (Wildman–Crippen LogP) is 24.6. The SMILES string of the molecule is CCCCCCCCCCCCCCCCCCCCCCCCCCCCCC(=O)OCC(COC(=O)CCCCCCCCCCCCCCC)OC(=O)CCCCCCCCCCCCCCCCCCCCCC. The molecule has 0 aliphatic carbocycles. The van der Waals surface area contributed by atoms with Crippen molar-refractivity contribution >= 4 is 17.9 Å². The Hall–Kier alpha value is -1.59. The van der Waals surface area contributed by atoms with Crippen LogP contribution in [-0.2, 0) is 28.6 Å². The quantitative estimate of drug-likeness (QED) is 0.0343. The summed E-state index contributed by atoms with van der Waals surface area (Å²) in [5, 5.41) is 0. The molecule has 6 heteroatoms. The molecule has 0 aliphatic rings. The van der Waals surface area contributed by atoms with Crippen molar-refractivity contribution in [2.24, 2.45) is 0 Å². The van der Waals surface area contributed by atoms with E-state index in [1.165, 1.54) is 327 Å². The molecule has 0 saturated carbocycles. The molecule has 0 radical (unpaired) electrons. The third-order valence-corrected chi connectivity index (χ3v) is 16.9. The van der Waals surface area contributed by atoms with Gasteiger partial charge in [-0.25, -0.2) is 0 Å². The topological polar surface area (TPSA) is 78.9 Å². The van der Waals surface area contributed by atoms with Crippen LogP contribution in [-0.4, -0.2) is 37.2 Å². The first-order chi connectivity index (χ1) is 38.5. The third-order valence-electron chi connectivity index (χ3n) is 16.9. The smallest absolute Gasteiger partial charge is 0.306 e. The minimum absolute atomic E-state index is 0.0602. The summed E-state index contributed by atoms with van der Waals surface area (Å²) in [6.45, 7) is 6.74. The van der Waals surface area contributed by atoms with Crippen molar-refractivity contribution in [3.05, 3.63) is 0 Å². The van der Waals surface area contributed by atoms with Gasteiger partial charge in [0.05, 0.1) is 0 Å². The van der Waals surface area contributed by atoms with Crippen molar-refractivity contribution in [3.63, 3.8) is 0 Å². The molecule has 0 saturated heterocycles. The molecule has 0 fully saturated rings. The molecule has 0 aromatic carbocycles. The number of esters is 3. The second kappa shape index (κ2) is 67.9. The van der Waals surface area contributed by atoms with Gasteiger partial charge in [-0.15, -0.1) is 0 Å². The van der Waals surface area contributed by atoms with Crippen LogP contribution in [0.1, 0.15) is 425 Å². The first-order valence-corrected chi connectivity index (χ1v) is 36.0. The van der Waals surface area contributed by atoms with Gasteiger partial charge in [0.25, 0.3) is 0 Å². The number of ether oxygens (including phenoxy) is 3. The van der Waals surface area contributed by atoms with Crippen LogP contribution >= 0.6 is 0 Å². The maximum Gasteiger partial charge on any atom is 0.306 e. The van der Waals surface area contributed by atoms with Gasteiger partial charge < -0.3 is 14.2 Å². The molecule has 0 amide bonds. The monoisotopic (exact) mass is 1100 g/mol. The van der Waals surface area contributed by atoms with Gasteiger partial charge in [0.15, 0.2) is 6.10 Å². The van der Waals surface area contributed by atoms with Crippen molar-refractivity contribution in [2.75, 3.05) is 13.2 Å². The van der Waals surface area contributed by atoms with E-state index in [4.69, 9.17) is 14.2 Å². The van der Waals surface area contributed by atoms with E-state index in [0.29, 0.717) is 19.3 Å². The second-order valence-corrected chi connectivity index (χ2v) is 24.9. The van der Waals surface area contributed by atoms with E-state index in [1.54, 1.807) is 0 Å². The van der Waals surface area contributed by atoms with Crippen LogP contribution in [0.15, 0.2) is 0 Å². The summed E-state index contributed by atoms with van der Waals surface area (Å²) in [6.07, 6.45) is 80.0. The molecule has 0 aromatic rings. The van der Waals surface area contributed by atoms with Crippen LogP contribution in [0, 0.1) is 0 Å². The third kappa shape index (κ3) is 65.2. The van der Waals surface area contributed by atoms with Crippen LogP contribution in [0.25, 0.3) is 0 Å². The average Bonchev–Trinajstić information content (AvgIpc) is 3.44. The van der Waals surface area contributed by atoms with Gasteiger partial charge in [-0.3, -0.25) is 14.4 Å². The Balaban J connectivity index is 4.16. The Morgan fingerprint density at radius 3 is 0.513 bits per heavy atom. The summed E-state index contributed by atoms with van der Waals surface area (Å²) in [6, 6.07) is 0. The number of carbonyl (C=O) groups excluding carboxylic acids is 3. The van der Waals surface area contributed by atoms with Crippen LogP contribution in [0.2, 0.25) is 0 Å². The van der Waals surface area contributed by atoms with E-state index in [9.17, 15) is 14.4 Å². The minimum atomic E-state index is -0.763. The summed E-state index contributed by atoms with van der Waals surface area (Å²) in [5.74, 6) is -0.820. The highest BCUT2D eigenvalue weighted by molar-refractivity contribution is 5.71. The fraction of sp³-hybridized carbons (Fsp3) is 0.958. The van der Waals surface area contributed by atoms with Crippen molar-refractivity contribution in [3.8, 4) is 0 Å². The minimum Gasteiger partial charge on any atom is -0.462 e. The van der Waals surface area contributed by atoms with Crippen molar-refractivity contribution in [1.29, 1.82) is 0 Å². The molecule has 0 bridgehead atoms. The van der Waals surface area contributed by atoms with Crippen LogP contribution in [0.4, 0.5) is 0 Å². The highest BCUT2D eigenvalue weighted by Crippen LogP contribution is 2.20. The molecule has 0 heterocycles. The summed E-state index contributed by atoms with van der Waals surface area (Å²) < 4.78 is 17.0. The number of hydrogen-bond acceptors (Lipinski definition) is 6. The first-order valence-electron chi connectivity index (χ1n) is 36.0. The summed E-state index contributed by atoms with van der Waals surface area (Å²) in [5.41, 5.74) is 0. The average molecular weight is 1100 g/mol. The lowest BCUT2D eigenvalue weighted by molar-refractivity contribution is -0.167. The lowest BCUT2D eigenvalue weighted by atomic mass is 10.0. The number of rotatable bonds is 68. The zero-order chi connectivity index (χ0) is 56.4. The zero-order valence-corrected chi connectivity index (χ0v) is 53.5. The van der Waals surface area contributed by atoms with Gasteiger partial charge in [-0.1, -0.05) is 387 Å². The van der Waals surface area contributed by atoms with E-state index < -0.39 is 6.10 Å². The lowest BCUT2D eigenvalue weighted by Crippen LogP contribution is -2.30. The Kier molecular flexibility index (Phi) is 66.5. The molecule has 0 aromatic heterocycles. The number of hydrogen-bond donors (Lipinski definition) is 0. The number of carbonyl (C=O) groups is 3. The second-order valence-electron chi connectivity index (χ2n) is 24.9. The maximum atomic E-state index is 12.9. The van der Waals surface area contributed by atoms with Gasteiger partial charge in [0, 0.05) is 19.3 Å². The predicted molar refractivity (Wildman–Crippen MR) is 340 cm³/mol. The molecular formula is C72H140O6. The Bertz CT molecular complexity index is 1170. The highest BCUT2D eigenvalue weighted by Gasteiger charge is 2.20. The zero-order valence-electron chi connectivity index (χ0n) is 53.5. The van der Waals surface area contributed by atoms with Crippen molar-refractivity contribution < 1.29 is 28.6 Å². The fourth-order valence-electron chi connectivity index (χ4n) is 11.5. The van der Waals surface area contributed by atoms with Gasteiger partial charge in [0.1, 0.15) is 13.2 Å². The largest absolute Gasteiger partial charge is 0.462 e. The van der Waals surface area contributed by atoms with E-state index >= 15 is 0 Å². The Morgan fingerprint density at radius 2 is 0.346 bits per heavy atom. The summed E-state index contributed by atoms with van der Waals surface area (Å²) in [4.78, 5) is 38.4. The molecule has 6 nitrogen and oxygen atoms in total. The number of unbranched alkanes of at least 4 members (excludes halogenated alkanes) is 57. The van der Waals surface area contributed by atoms with Crippen molar-refractivity contribution in [2.45, 2.75) is 431 Å².